The molecule has 4 aromatic rings. The lowest BCUT2D eigenvalue weighted by molar-refractivity contribution is 0.319. The molecule has 0 bridgehead atoms. The molecule has 1 aliphatic heterocycles. The predicted molar refractivity (Wildman–Crippen MR) is 144 cm³/mol. The number of halogens is 1. The highest BCUT2D eigenvalue weighted by atomic mass is 35.5. The first-order chi connectivity index (χ1) is 17.1. The number of aromatic amines is 1. The second-order valence-electron chi connectivity index (χ2n) is 9.21. The van der Waals surface area contributed by atoms with Gasteiger partial charge in [0.1, 0.15) is 11.5 Å². The van der Waals surface area contributed by atoms with Gasteiger partial charge in [0.2, 0.25) is 5.95 Å². The minimum absolute atomic E-state index is 0. The quantitative estimate of drug-likeness (QED) is 0.314. The number of hydrogen-bond donors (Lipinski definition) is 2. The lowest BCUT2D eigenvalue weighted by atomic mass is 9.90. The number of anilines is 1. The molecule has 4 heterocycles. The number of hydrogen-bond acceptors (Lipinski definition) is 6. The van der Waals surface area contributed by atoms with Gasteiger partial charge in [-0.25, -0.2) is 4.98 Å². The first kappa shape index (κ1) is 25.7. The van der Waals surface area contributed by atoms with E-state index in [-0.39, 0.29) is 29.8 Å². The number of pyridine rings is 1. The molecule has 1 aliphatic rings. The van der Waals surface area contributed by atoms with Crippen molar-refractivity contribution in [1.82, 2.24) is 19.9 Å². The Morgan fingerprint density at radius 2 is 1.86 bits per heavy atom. The minimum Gasteiger partial charge on any atom is -0.466 e. The summed E-state index contributed by atoms with van der Waals surface area (Å²) in [6.45, 7) is 5.19. The zero-order chi connectivity index (χ0) is 24.0. The lowest BCUT2D eigenvalue weighted by Gasteiger charge is -2.17. The highest BCUT2D eigenvalue weighted by molar-refractivity contribution is 5.85. The van der Waals surface area contributed by atoms with E-state index in [2.05, 4.69) is 50.5 Å². The normalized spacial score (nSPS) is 17.6. The van der Waals surface area contributed by atoms with Crippen molar-refractivity contribution in [2.75, 3.05) is 25.0 Å². The molecular weight excluding hydrogens is 474 g/mol. The molecule has 1 aromatic carbocycles. The van der Waals surface area contributed by atoms with E-state index in [9.17, 15) is 4.79 Å². The Kier molecular flexibility index (Phi) is 8.57. The summed E-state index contributed by atoms with van der Waals surface area (Å²) in [5.74, 6) is 2.58. The summed E-state index contributed by atoms with van der Waals surface area (Å²) < 4.78 is 6.04. The Morgan fingerprint density at radius 3 is 2.61 bits per heavy atom. The van der Waals surface area contributed by atoms with Crippen molar-refractivity contribution in [2.24, 2.45) is 0 Å². The van der Waals surface area contributed by atoms with Crippen LogP contribution in [0.2, 0.25) is 0 Å². The minimum atomic E-state index is -0.141. The number of benzene rings is 1. The molecule has 36 heavy (non-hydrogen) atoms. The molecule has 1 saturated heterocycles. The van der Waals surface area contributed by atoms with Crippen LogP contribution in [-0.4, -0.2) is 39.5 Å². The van der Waals surface area contributed by atoms with Gasteiger partial charge in [-0.1, -0.05) is 36.4 Å². The molecule has 0 saturated carbocycles. The van der Waals surface area contributed by atoms with Gasteiger partial charge in [-0.2, -0.15) is 0 Å². The summed E-state index contributed by atoms with van der Waals surface area (Å²) in [6.07, 6.45) is 3.58. The van der Waals surface area contributed by atoms with Crippen LogP contribution in [0.25, 0.3) is 0 Å². The number of H-pyrrole nitrogens is 1. The Bertz CT molecular complexity index is 1290. The number of nitrogens with one attached hydrogen (secondary N) is 2. The molecule has 0 amide bonds. The molecule has 2 atom stereocenters. The summed E-state index contributed by atoms with van der Waals surface area (Å²) in [4.78, 5) is 27.0. The molecule has 5 rings (SSSR count). The fourth-order valence-electron chi connectivity index (χ4n) is 4.87. The van der Waals surface area contributed by atoms with Gasteiger partial charge in [-0.05, 0) is 49.6 Å². The molecular formula is C28H32ClN5O2. The van der Waals surface area contributed by atoms with Gasteiger partial charge in [-0.3, -0.25) is 19.7 Å². The maximum absolute atomic E-state index is 12.6. The van der Waals surface area contributed by atoms with Crippen molar-refractivity contribution in [3.63, 3.8) is 0 Å². The maximum Gasteiger partial charge on any atom is 0.252 e. The zero-order valence-electron chi connectivity index (χ0n) is 20.4. The van der Waals surface area contributed by atoms with Crippen LogP contribution in [0.1, 0.15) is 46.7 Å². The van der Waals surface area contributed by atoms with E-state index in [1.165, 1.54) is 5.56 Å². The van der Waals surface area contributed by atoms with E-state index in [0.717, 1.165) is 55.4 Å². The van der Waals surface area contributed by atoms with E-state index >= 15 is 0 Å². The Balaban J connectivity index is 0.00000304. The van der Waals surface area contributed by atoms with Crippen LogP contribution in [0, 0.1) is 6.92 Å². The fourth-order valence-corrected chi connectivity index (χ4v) is 4.87. The standard InChI is InChI=1S/C28H31N5O2.ClH/c1-20-12-13-26(35-20)24-19-33(17-21-8-3-2-4-9-21)18-23(24)25-16-27(34)32-28(31-25)30-15-7-11-22-10-5-6-14-29-22;/h2-6,8-10,12-14,16,23-24H,7,11,15,17-19H2,1H3,(H2,30,31,32,34);1H. The van der Waals surface area contributed by atoms with E-state index < -0.39 is 0 Å². The second-order valence-corrected chi connectivity index (χ2v) is 9.21. The predicted octanol–water partition coefficient (Wildman–Crippen LogP) is 4.92. The zero-order valence-corrected chi connectivity index (χ0v) is 21.2. The summed E-state index contributed by atoms with van der Waals surface area (Å²) >= 11 is 0. The molecule has 3 aromatic heterocycles. The van der Waals surface area contributed by atoms with Crippen LogP contribution in [0.15, 0.2) is 82.1 Å². The summed E-state index contributed by atoms with van der Waals surface area (Å²) in [5.41, 5.74) is 3.00. The topological polar surface area (TPSA) is 87.0 Å². The molecule has 188 valence electrons. The molecule has 2 N–H and O–H groups in total. The van der Waals surface area contributed by atoms with Crippen molar-refractivity contribution >= 4 is 18.4 Å². The third-order valence-corrected chi connectivity index (χ3v) is 6.54. The Labute approximate surface area is 217 Å². The molecule has 0 spiro atoms. The lowest BCUT2D eigenvalue weighted by Crippen LogP contribution is -2.21. The van der Waals surface area contributed by atoms with E-state index in [1.54, 1.807) is 6.07 Å². The Morgan fingerprint density at radius 1 is 1.06 bits per heavy atom. The highest BCUT2D eigenvalue weighted by Gasteiger charge is 2.38. The fraction of sp³-hybridized carbons (Fsp3) is 0.321. The number of furan rings is 1. The molecule has 0 aliphatic carbocycles. The molecule has 0 radical (unpaired) electrons. The van der Waals surface area contributed by atoms with E-state index in [0.29, 0.717) is 12.5 Å². The van der Waals surface area contributed by atoms with Crippen LogP contribution in [0.4, 0.5) is 5.95 Å². The van der Waals surface area contributed by atoms with Crippen molar-refractivity contribution in [2.45, 2.75) is 38.1 Å². The largest absolute Gasteiger partial charge is 0.466 e. The van der Waals surface area contributed by atoms with Crippen LogP contribution in [0.3, 0.4) is 0 Å². The first-order valence-corrected chi connectivity index (χ1v) is 12.2. The van der Waals surface area contributed by atoms with Crippen molar-refractivity contribution in [3.8, 4) is 0 Å². The number of aryl methyl sites for hydroxylation is 2. The maximum atomic E-state index is 12.6. The van der Waals surface area contributed by atoms with Crippen LogP contribution < -0.4 is 10.9 Å². The summed E-state index contributed by atoms with van der Waals surface area (Å²) in [5, 5.41) is 3.30. The molecule has 8 heteroatoms. The second kappa shape index (κ2) is 12.0. The van der Waals surface area contributed by atoms with Gasteiger partial charge in [-0.15, -0.1) is 12.4 Å². The van der Waals surface area contributed by atoms with Gasteiger partial charge in [0.15, 0.2) is 0 Å². The van der Waals surface area contributed by atoms with Crippen molar-refractivity contribution < 1.29 is 4.42 Å². The monoisotopic (exact) mass is 505 g/mol. The molecule has 2 unspecified atom stereocenters. The smallest absolute Gasteiger partial charge is 0.252 e. The number of aromatic nitrogens is 3. The van der Waals surface area contributed by atoms with Gasteiger partial charge >= 0.3 is 0 Å². The number of nitrogens with zero attached hydrogens (tertiary/aromatic N) is 3. The van der Waals surface area contributed by atoms with Crippen LogP contribution in [0.5, 0.6) is 0 Å². The average molecular weight is 506 g/mol. The van der Waals surface area contributed by atoms with E-state index in [4.69, 9.17) is 9.40 Å². The van der Waals surface area contributed by atoms with Crippen molar-refractivity contribution in [3.05, 3.63) is 112 Å². The third kappa shape index (κ3) is 6.42. The Hall–Kier alpha value is -3.42. The number of likely N-dealkylation sites (tertiary alicyclic amines) is 1. The average Bonchev–Trinajstić information content (AvgIpc) is 3.49. The van der Waals surface area contributed by atoms with Gasteiger partial charge in [0, 0.05) is 56.0 Å². The van der Waals surface area contributed by atoms with Gasteiger partial charge in [0.05, 0.1) is 5.69 Å². The summed E-state index contributed by atoms with van der Waals surface area (Å²) in [7, 11) is 0. The molecule has 7 nitrogen and oxygen atoms in total. The van der Waals surface area contributed by atoms with Gasteiger partial charge in [0.25, 0.3) is 5.56 Å². The van der Waals surface area contributed by atoms with Crippen molar-refractivity contribution in [1.29, 1.82) is 0 Å². The SMILES string of the molecule is Cc1ccc(C2CN(Cc3ccccc3)CC2c2cc(=O)[nH]c(NCCCc3ccccn3)n2)o1.Cl. The van der Waals surface area contributed by atoms with Crippen LogP contribution in [-0.2, 0) is 13.0 Å². The first-order valence-electron chi connectivity index (χ1n) is 12.2. The van der Waals surface area contributed by atoms with Crippen LogP contribution >= 0.6 is 12.4 Å². The molecule has 1 fully saturated rings. The third-order valence-electron chi connectivity index (χ3n) is 6.54. The highest BCUT2D eigenvalue weighted by Crippen LogP contribution is 2.40. The number of rotatable bonds is 9. The summed E-state index contributed by atoms with van der Waals surface area (Å²) in [6, 6.07) is 22.1. The van der Waals surface area contributed by atoms with E-state index in [1.807, 2.05) is 43.5 Å². The van der Waals surface area contributed by atoms with Gasteiger partial charge < -0.3 is 9.73 Å².